The van der Waals surface area contributed by atoms with Crippen molar-refractivity contribution < 1.29 is 18.0 Å². The molecule has 8 heteroatoms. The first-order valence-electron chi connectivity index (χ1n) is 10.4. The molecule has 2 amide bonds. The number of anilines is 1. The Hall–Kier alpha value is -2.97. The monoisotopic (exact) mass is 468 g/mol. The molecule has 0 spiro atoms. The van der Waals surface area contributed by atoms with Crippen LogP contribution >= 0.6 is 11.3 Å². The van der Waals surface area contributed by atoms with Crippen LogP contribution in [0.15, 0.2) is 59.5 Å². The molecule has 1 heterocycles. The Morgan fingerprint density at radius 1 is 0.938 bits per heavy atom. The zero-order valence-corrected chi connectivity index (χ0v) is 19.3. The van der Waals surface area contributed by atoms with Crippen LogP contribution in [0, 0.1) is 0 Å². The number of hydrogen-bond donors (Lipinski definition) is 2. The first-order valence-corrected chi connectivity index (χ1v) is 13.1. The summed E-state index contributed by atoms with van der Waals surface area (Å²) in [7, 11) is -3.34. The molecule has 0 fully saturated rings. The number of aryl methyl sites for hydroxylation is 1. The van der Waals surface area contributed by atoms with Crippen LogP contribution in [0.5, 0.6) is 0 Å². The molecule has 1 aliphatic carbocycles. The van der Waals surface area contributed by atoms with Gasteiger partial charge in [-0.1, -0.05) is 30.3 Å². The van der Waals surface area contributed by atoms with Crippen LogP contribution in [0.4, 0.5) is 5.00 Å². The first-order chi connectivity index (χ1) is 15.3. The SMILES string of the molecule is CS(=O)(=O)c1ccc(C(=O)Nc2sc3c(c2C(=O)NCc2ccccc2)CCCC3)cc1. The molecule has 0 saturated carbocycles. The van der Waals surface area contributed by atoms with Gasteiger partial charge in [-0.15, -0.1) is 11.3 Å². The van der Waals surface area contributed by atoms with Crippen molar-refractivity contribution in [1.29, 1.82) is 0 Å². The number of rotatable bonds is 6. The molecule has 4 rings (SSSR count). The Bertz CT molecular complexity index is 1250. The second-order valence-electron chi connectivity index (χ2n) is 7.83. The van der Waals surface area contributed by atoms with E-state index >= 15 is 0 Å². The molecule has 2 N–H and O–H groups in total. The van der Waals surface area contributed by atoms with Gasteiger partial charge >= 0.3 is 0 Å². The van der Waals surface area contributed by atoms with E-state index in [1.165, 1.54) is 35.6 Å². The van der Waals surface area contributed by atoms with E-state index in [4.69, 9.17) is 0 Å². The molecule has 0 saturated heterocycles. The molecule has 32 heavy (non-hydrogen) atoms. The molecule has 0 aliphatic heterocycles. The maximum absolute atomic E-state index is 13.1. The lowest BCUT2D eigenvalue weighted by Crippen LogP contribution is -2.25. The van der Waals surface area contributed by atoms with Gasteiger partial charge in [-0.3, -0.25) is 9.59 Å². The lowest BCUT2D eigenvalue weighted by Gasteiger charge is -2.13. The standard InChI is InChI=1S/C24H24N2O4S2/c1-32(29,30)18-13-11-17(12-14-18)22(27)26-24-21(19-9-5-6-10-20(19)31-24)23(28)25-15-16-7-3-2-4-8-16/h2-4,7-8,11-14H,5-6,9-10,15H2,1H3,(H,25,28)(H,26,27). The third-order valence-corrected chi connectivity index (χ3v) is 7.80. The second-order valence-corrected chi connectivity index (χ2v) is 11.0. The zero-order chi connectivity index (χ0) is 22.7. The highest BCUT2D eigenvalue weighted by atomic mass is 32.2. The van der Waals surface area contributed by atoms with Crippen molar-refractivity contribution in [1.82, 2.24) is 5.32 Å². The van der Waals surface area contributed by atoms with Crippen LogP contribution in [0.25, 0.3) is 0 Å². The van der Waals surface area contributed by atoms with Crippen molar-refractivity contribution in [2.75, 3.05) is 11.6 Å². The van der Waals surface area contributed by atoms with Crippen molar-refractivity contribution in [3.05, 3.63) is 81.7 Å². The van der Waals surface area contributed by atoms with Crippen molar-refractivity contribution in [3.63, 3.8) is 0 Å². The predicted octanol–water partition coefficient (Wildman–Crippen LogP) is 4.21. The Labute approximate surface area is 191 Å². The van der Waals surface area contributed by atoms with Crippen LogP contribution in [-0.4, -0.2) is 26.5 Å². The summed E-state index contributed by atoms with van der Waals surface area (Å²) in [6.45, 7) is 0.407. The molecular weight excluding hydrogens is 444 g/mol. The Kier molecular flexibility index (Phi) is 6.43. The molecule has 3 aromatic rings. The van der Waals surface area contributed by atoms with Crippen LogP contribution in [-0.2, 0) is 29.2 Å². The Balaban J connectivity index is 1.57. The van der Waals surface area contributed by atoms with Crippen LogP contribution in [0.1, 0.15) is 49.6 Å². The summed E-state index contributed by atoms with van der Waals surface area (Å²) < 4.78 is 23.3. The minimum Gasteiger partial charge on any atom is -0.348 e. The van der Waals surface area contributed by atoms with Gasteiger partial charge in [-0.25, -0.2) is 8.42 Å². The highest BCUT2D eigenvalue weighted by molar-refractivity contribution is 7.90. The quantitative estimate of drug-likeness (QED) is 0.567. The third kappa shape index (κ3) is 4.92. The van der Waals surface area contributed by atoms with Gasteiger partial charge in [-0.05, 0) is 61.1 Å². The van der Waals surface area contributed by atoms with E-state index in [0.717, 1.165) is 47.9 Å². The number of fused-ring (bicyclic) bond motifs is 1. The topological polar surface area (TPSA) is 92.3 Å². The maximum atomic E-state index is 13.1. The lowest BCUT2D eigenvalue weighted by atomic mass is 9.95. The van der Waals surface area contributed by atoms with Gasteiger partial charge in [-0.2, -0.15) is 0 Å². The van der Waals surface area contributed by atoms with E-state index in [1.807, 2.05) is 30.3 Å². The van der Waals surface area contributed by atoms with Crippen LogP contribution < -0.4 is 10.6 Å². The van der Waals surface area contributed by atoms with Crippen molar-refractivity contribution in [2.45, 2.75) is 37.1 Å². The van der Waals surface area contributed by atoms with E-state index < -0.39 is 9.84 Å². The van der Waals surface area contributed by atoms with Gasteiger partial charge in [0.1, 0.15) is 5.00 Å². The summed E-state index contributed by atoms with van der Waals surface area (Å²) in [4.78, 5) is 27.3. The van der Waals surface area contributed by atoms with Gasteiger partial charge in [0.05, 0.1) is 10.5 Å². The van der Waals surface area contributed by atoms with E-state index in [2.05, 4.69) is 10.6 Å². The molecule has 1 aliphatic rings. The summed E-state index contributed by atoms with van der Waals surface area (Å²) >= 11 is 1.45. The number of sulfone groups is 1. The van der Waals surface area contributed by atoms with Gasteiger partial charge in [0.25, 0.3) is 11.8 Å². The predicted molar refractivity (Wildman–Crippen MR) is 126 cm³/mol. The Morgan fingerprint density at radius 2 is 1.62 bits per heavy atom. The molecular formula is C24H24N2O4S2. The molecule has 0 atom stereocenters. The number of nitrogens with one attached hydrogen (secondary N) is 2. The van der Waals surface area contributed by atoms with Gasteiger partial charge in [0.15, 0.2) is 9.84 Å². The first kappa shape index (κ1) is 22.2. The van der Waals surface area contributed by atoms with E-state index in [9.17, 15) is 18.0 Å². The molecule has 0 radical (unpaired) electrons. The number of carbonyl (C=O) groups is 2. The molecule has 6 nitrogen and oxygen atoms in total. The lowest BCUT2D eigenvalue weighted by molar-refractivity contribution is 0.0951. The molecule has 1 aromatic heterocycles. The minimum absolute atomic E-state index is 0.154. The Morgan fingerprint density at radius 3 is 2.31 bits per heavy atom. The molecule has 0 unspecified atom stereocenters. The number of benzene rings is 2. The van der Waals surface area contributed by atoms with Gasteiger partial charge in [0, 0.05) is 23.2 Å². The highest BCUT2D eigenvalue weighted by Gasteiger charge is 2.26. The largest absolute Gasteiger partial charge is 0.348 e. The van der Waals surface area contributed by atoms with Crippen molar-refractivity contribution >= 4 is 38.0 Å². The number of amides is 2. The maximum Gasteiger partial charge on any atom is 0.256 e. The normalized spacial score (nSPS) is 13.3. The number of carbonyl (C=O) groups excluding carboxylic acids is 2. The minimum atomic E-state index is -3.34. The number of thiophene rings is 1. The fraction of sp³-hybridized carbons (Fsp3) is 0.250. The van der Waals surface area contributed by atoms with Gasteiger partial charge < -0.3 is 10.6 Å². The summed E-state index contributed by atoms with van der Waals surface area (Å²) in [5.74, 6) is -0.572. The van der Waals surface area contributed by atoms with Crippen molar-refractivity contribution in [3.8, 4) is 0 Å². The van der Waals surface area contributed by atoms with Crippen molar-refractivity contribution in [2.24, 2.45) is 0 Å². The summed E-state index contributed by atoms with van der Waals surface area (Å²) in [5, 5.41) is 6.41. The highest BCUT2D eigenvalue weighted by Crippen LogP contribution is 2.38. The van der Waals surface area contributed by atoms with E-state index in [0.29, 0.717) is 22.7 Å². The second kappa shape index (κ2) is 9.26. The van der Waals surface area contributed by atoms with E-state index in [-0.39, 0.29) is 16.7 Å². The van der Waals surface area contributed by atoms with Crippen LogP contribution in [0.3, 0.4) is 0 Å². The average molecular weight is 469 g/mol. The fourth-order valence-electron chi connectivity index (χ4n) is 3.79. The zero-order valence-electron chi connectivity index (χ0n) is 17.7. The fourth-order valence-corrected chi connectivity index (χ4v) is 5.70. The van der Waals surface area contributed by atoms with Crippen LogP contribution in [0.2, 0.25) is 0 Å². The summed E-state index contributed by atoms with van der Waals surface area (Å²) in [6.07, 6.45) is 4.93. The summed E-state index contributed by atoms with van der Waals surface area (Å²) in [5.41, 5.74) is 2.90. The van der Waals surface area contributed by atoms with Gasteiger partial charge in [0.2, 0.25) is 0 Å². The molecule has 2 aromatic carbocycles. The molecule has 166 valence electrons. The average Bonchev–Trinajstić information content (AvgIpc) is 3.15. The molecule has 0 bridgehead atoms. The van der Waals surface area contributed by atoms with E-state index in [1.54, 1.807) is 0 Å². The number of hydrogen-bond acceptors (Lipinski definition) is 5. The summed E-state index contributed by atoms with van der Waals surface area (Å²) in [6, 6.07) is 15.5. The third-order valence-electron chi connectivity index (χ3n) is 5.47. The smallest absolute Gasteiger partial charge is 0.256 e.